The van der Waals surface area contributed by atoms with Gasteiger partial charge in [-0.3, -0.25) is 0 Å². The van der Waals surface area contributed by atoms with Crippen molar-refractivity contribution in [2.75, 3.05) is 7.11 Å². The molecule has 14 heavy (non-hydrogen) atoms. The summed E-state index contributed by atoms with van der Waals surface area (Å²) in [4.78, 5) is 0. The van der Waals surface area contributed by atoms with Crippen molar-refractivity contribution in [1.29, 1.82) is 0 Å². The van der Waals surface area contributed by atoms with Crippen molar-refractivity contribution >= 4 is 28.3 Å². The zero-order chi connectivity index (χ0) is 9.84. The summed E-state index contributed by atoms with van der Waals surface area (Å²) in [5, 5.41) is 0. The van der Waals surface area contributed by atoms with Crippen molar-refractivity contribution in [2.45, 2.75) is 19.4 Å². The number of rotatable bonds is 3. The summed E-state index contributed by atoms with van der Waals surface area (Å²) in [7, 11) is 1.66. The van der Waals surface area contributed by atoms with E-state index in [9.17, 15) is 0 Å². The Morgan fingerprint density at radius 1 is 1.50 bits per heavy atom. The minimum absolute atomic E-state index is 0. The second kappa shape index (κ2) is 6.27. The van der Waals surface area contributed by atoms with Crippen LogP contribution in [0.15, 0.2) is 22.7 Å². The van der Waals surface area contributed by atoms with Crippen molar-refractivity contribution in [3.63, 3.8) is 0 Å². The molecule has 1 aromatic rings. The summed E-state index contributed by atoms with van der Waals surface area (Å²) in [5.74, 6) is 0.859. The third-order valence-electron chi connectivity index (χ3n) is 2.03. The number of hydrogen-bond donors (Lipinski definition) is 1. The van der Waals surface area contributed by atoms with E-state index in [4.69, 9.17) is 10.5 Å². The van der Waals surface area contributed by atoms with Crippen molar-refractivity contribution in [3.8, 4) is 5.75 Å². The van der Waals surface area contributed by atoms with Crippen LogP contribution in [0.4, 0.5) is 0 Å². The Balaban J connectivity index is 0.00000169. The fraction of sp³-hybridized carbons (Fsp3) is 0.400. The topological polar surface area (TPSA) is 35.2 Å². The number of halogens is 2. The fourth-order valence-electron chi connectivity index (χ4n) is 1.21. The molecule has 2 N–H and O–H groups in total. The molecule has 0 saturated heterocycles. The lowest BCUT2D eigenvalue weighted by molar-refractivity contribution is 0.405. The standard InChI is InChI=1S/C10H14BrNO.ClH/c1-3-9(12)8-6-7(11)4-5-10(8)13-2;/h4-6,9H,3,12H2,1-2H3;1H/t9-;/m1./s1. The molecule has 0 radical (unpaired) electrons. The number of methoxy groups -OCH3 is 1. The number of ether oxygens (including phenoxy) is 1. The highest BCUT2D eigenvalue weighted by atomic mass is 79.9. The van der Waals surface area contributed by atoms with E-state index in [-0.39, 0.29) is 18.4 Å². The Bertz CT molecular complexity index is 293. The maximum Gasteiger partial charge on any atom is 0.123 e. The molecule has 80 valence electrons. The van der Waals surface area contributed by atoms with Crippen LogP contribution in [0.5, 0.6) is 5.75 Å². The fourth-order valence-corrected chi connectivity index (χ4v) is 1.59. The quantitative estimate of drug-likeness (QED) is 0.922. The van der Waals surface area contributed by atoms with Crippen LogP contribution in [0, 0.1) is 0 Å². The molecule has 0 heterocycles. The van der Waals surface area contributed by atoms with E-state index in [2.05, 4.69) is 22.9 Å². The predicted molar refractivity (Wildman–Crippen MR) is 65.2 cm³/mol. The highest BCUT2D eigenvalue weighted by molar-refractivity contribution is 9.10. The first-order chi connectivity index (χ1) is 6.19. The Kier molecular flexibility index (Phi) is 6.16. The predicted octanol–water partition coefficient (Wildman–Crippen LogP) is 3.29. The van der Waals surface area contributed by atoms with Crippen LogP contribution in [0.1, 0.15) is 24.9 Å². The van der Waals surface area contributed by atoms with Crippen LogP contribution in [0.2, 0.25) is 0 Å². The van der Waals surface area contributed by atoms with Crippen molar-refractivity contribution in [1.82, 2.24) is 0 Å². The van der Waals surface area contributed by atoms with Crippen molar-refractivity contribution in [2.24, 2.45) is 5.73 Å². The van der Waals surface area contributed by atoms with Gasteiger partial charge in [-0.1, -0.05) is 22.9 Å². The summed E-state index contributed by atoms with van der Waals surface area (Å²) in [6.07, 6.45) is 0.910. The van der Waals surface area contributed by atoms with Gasteiger partial charge < -0.3 is 10.5 Å². The van der Waals surface area contributed by atoms with E-state index in [1.54, 1.807) is 7.11 Å². The Morgan fingerprint density at radius 3 is 2.64 bits per heavy atom. The van der Waals surface area contributed by atoms with Crippen molar-refractivity contribution in [3.05, 3.63) is 28.2 Å². The van der Waals surface area contributed by atoms with Gasteiger partial charge in [0.15, 0.2) is 0 Å². The molecule has 1 atom stereocenters. The highest BCUT2D eigenvalue weighted by Gasteiger charge is 2.09. The van der Waals surface area contributed by atoms with Gasteiger partial charge in [-0.15, -0.1) is 12.4 Å². The molecule has 0 spiro atoms. The Labute approximate surface area is 99.4 Å². The first-order valence-electron chi connectivity index (χ1n) is 4.28. The summed E-state index contributed by atoms with van der Waals surface area (Å²) in [6, 6.07) is 5.93. The van der Waals surface area contributed by atoms with Crippen LogP contribution in [-0.4, -0.2) is 7.11 Å². The lowest BCUT2D eigenvalue weighted by Gasteiger charge is -2.14. The molecule has 0 bridgehead atoms. The molecule has 0 fully saturated rings. The largest absolute Gasteiger partial charge is 0.496 e. The van der Waals surface area contributed by atoms with Gasteiger partial charge in [0.2, 0.25) is 0 Å². The second-order valence-corrected chi connectivity index (χ2v) is 3.82. The lowest BCUT2D eigenvalue weighted by Crippen LogP contribution is -2.10. The number of benzene rings is 1. The number of nitrogens with two attached hydrogens (primary N) is 1. The minimum Gasteiger partial charge on any atom is -0.496 e. The molecule has 0 aliphatic heterocycles. The zero-order valence-corrected chi connectivity index (χ0v) is 10.7. The van der Waals surface area contributed by atoms with Gasteiger partial charge in [-0.05, 0) is 24.6 Å². The van der Waals surface area contributed by atoms with E-state index < -0.39 is 0 Å². The normalized spacial score (nSPS) is 11.7. The Hall–Kier alpha value is -0.250. The molecule has 4 heteroatoms. The van der Waals surface area contributed by atoms with Gasteiger partial charge in [-0.25, -0.2) is 0 Å². The first kappa shape index (κ1) is 13.8. The SMILES string of the molecule is CC[C@@H](N)c1cc(Br)ccc1OC.Cl. The van der Waals surface area contributed by atoms with Crippen LogP contribution in [0.3, 0.4) is 0 Å². The first-order valence-corrected chi connectivity index (χ1v) is 5.07. The van der Waals surface area contributed by atoms with E-state index in [0.717, 1.165) is 22.2 Å². The molecular weight excluding hydrogens is 265 g/mol. The molecule has 1 aromatic carbocycles. The summed E-state index contributed by atoms with van der Waals surface area (Å²) >= 11 is 3.41. The molecular formula is C10H15BrClNO. The molecule has 0 aliphatic carbocycles. The molecule has 0 unspecified atom stereocenters. The lowest BCUT2D eigenvalue weighted by atomic mass is 10.0. The van der Waals surface area contributed by atoms with Crippen LogP contribution in [0.25, 0.3) is 0 Å². The monoisotopic (exact) mass is 279 g/mol. The average molecular weight is 281 g/mol. The third kappa shape index (κ3) is 3.15. The van der Waals surface area contributed by atoms with Crippen LogP contribution < -0.4 is 10.5 Å². The molecule has 1 rings (SSSR count). The van der Waals surface area contributed by atoms with Gasteiger partial charge in [0, 0.05) is 16.1 Å². The van der Waals surface area contributed by atoms with Gasteiger partial charge in [0.1, 0.15) is 5.75 Å². The van der Waals surface area contributed by atoms with Gasteiger partial charge in [-0.2, -0.15) is 0 Å². The van der Waals surface area contributed by atoms with Crippen LogP contribution >= 0.6 is 28.3 Å². The van der Waals surface area contributed by atoms with E-state index in [1.807, 2.05) is 18.2 Å². The second-order valence-electron chi connectivity index (χ2n) is 2.90. The minimum atomic E-state index is 0. The molecule has 2 nitrogen and oxygen atoms in total. The molecule has 0 aliphatic rings. The summed E-state index contributed by atoms with van der Waals surface area (Å²) in [5.41, 5.74) is 6.99. The summed E-state index contributed by atoms with van der Waals surface area (Å²) in [6.45, 7) is 2.06. The number of hydrogen-bond acceptors (Lipinski definition) is 2. The van der Waals surface area contributed by atoms with E-state index in [1.165, 1.54) is 0 Å². The van der Waals surface area contributed by atoms with Gasteiger partial charge >= 0.3 is 0 Å². The maximum absolute atomic E-state index is 5.94. The summed E-state index contributed by atoms with van der Waals surface area (Å²) < 4.78 is 6.26. The molecule has 0 amide bonds. The molecule has 0 saturated carbocycles. The molecule has 0 aromatic heterocycles. The maximum atomic E-state index is 5.94. The average Bonchev–Trinajstić information content (AvgIpc) is 2.16. The van der Waals surface area contributed by atoms with E-state index >= 15 is 0 Å². The van der Waals surface area contributed by atoms with Crippen LogP contribution in [-0.2, 0) is 0 Å². The Morgan fingerprint density at radius 2 is 2.14 bits per heavy atom. The smallest absolute Gasteiger partial charge is 0.123 e. The van der Waals surface area contributed by atoms with E-state index in [0.29, 0.717) is 0 Å². The van der Waals surface area contributed by atoms with Crippen molar-refractivity contribution < 1.29 is 4.74 Å². The van der Waals surface area contributed by atoms with Gasteiger partial charge in [0.05, 0.1) is 7.11 Å². The third-order valence-corrected chi connectivity index (χ3v) is 2.52. The van der Waals surface area contributed by atoms with Gasteiger partial charge in [0.25, 0.3) is 0 Å². The highest BCUT2D eigenvalue weighted by Crippen LogP contribution is 2.28. The zero-order valence-electron chi connectivity index (χ0n) is 8.29.